The molecule has 4 aromatic rings. The van der Waals surface area contributed by atoms with Crippen LogP contribution in [0.25, 0.3) is 22.0 Å². The number of carbonyl (C=O) groups is 1. The molecule has 33 heavy (non-hydrogen) atoms. The van der Waals surface area contributed by atoms with Crippen molar-refractivity contribution in [3.63, 3.8) is 0 Å². The zero-order valence-corrected chi connectivity index (χ0v) is 19.3. The van der Waals surface area contributed by atoms with Gasteiger partial charge in [-0.1, -0.05) is 57.2 Å². The molecule has 2 heterocycles. The molecule has 0 saturated heterocycles. The van der Waals surface area contributed by atoms with Crippen molar-refractivity contribution in [2.75, 3.05) is 0 Å². The van der Waals surface area contributed by atoms with E-state index in [0.717, 1.165) is 40.4 Å². The normalized spacial score (nSPS) is 16.2. The van der Waals surface area contributed by atoms with E-state index in [9.17, 15) is 9.90 Å². The average molecular weight is 445 g/mol. The first-order chi connectivity index (χ1) is 16.2. The minimum Gasteiger partial charge on any atom is -0.478 e. The Labute approximate surface area is 194 Å². The fourth-order valence-corrected chi connectivity index (χ4v) is 5.62. The Morgan fingerprint density at radius 2 is 2.12 bits per heavy atom. The summed E-state index contributed by atoms with van der Waals surface area (Å²) in [6.07, 6.45) is 12.4. The van der Waals surface area contributed by atoms with Gasteiger partial charge in [0.1, 0.15) is 5.52 Å². The van der Waals surface area contributed by atoms with Crippen molar-refractivity contribution in [2.24, 2.45) is 5.92 Å². The quantitative estimate of drug-likeness (QED) is 0.235. The predicted octanol–water partition coefficient (Wildman–Crippen LogP) is 6.99. The molecule has 1 aliphatic rings. The van der Waals surface area contributed by atoms with Gasteiger partial charge in [0.05, 0.1) is 11.1 Å². The number of para-hydroxylation sites is 1. The molecule has 5 rings (SSSR count). The lowest BCUT2D eigenvalue weighted by atomic mass is 9.93. The number of nitrogens with zero attached hydrogens (tertiary/aromatic N) is 2. The Morgan fingerprint density at radius 1 is 1.21 bits per heavy atom. The maximum atomic E-state index is 12.2. The number of oxazole rings is 1. The second-order valence-electron chi connectivity index (χ2n) is 9.48. The molecule has 1 aliphatic carbocycles. The standard InChI is InChI=1S/C28H32N2O3/c1-2-3-4-5-8-19-9-6-10-21-22-11-7-12-23(28(31)32)27(22)30(25(21)16-19)17-20-13-14-26-24(15-20)29-18-33-26/h7,11-15,18-19H,2-6,8-10,16-17H2,1H3,(H,31,32). The van der Waals surface area contributed by atoms with E-state index in [2.05, 4.69) is 34.7 Å². The van der Waals surface area contributed by atoms with Crippen LogP contribution in [0.3, 0.4) is 0 Å². The summed E-state index contributed by atoms with van der Waals surface area (Å²) in [6, 6.07) is 11.8. The van der Waals surface area contributed by atoms with Gasteiger partial charge in [-0.05, 0) is 60.9 Å². The smallest absolute Gasteiger partial charge is 0.337 e. The SMILES string of the molecule is CCCCCCC1CCCc2c(n(Cc3ccc4ocnc4c3)c3c(C(=O)O)cccc23)C1. The van der Waals surface area contributed by atoms with Crippen LogP contribution in [0.5, 0.6) is 0 Å². The van der Waals surface area contributed by atoms with Crippen molar-refractivity contribution >= 4 is 28.0 Å². The number of hydrogen-bond donors (Lipinski definition) is 1. The molecule has 0 aliphatic heterocycles. The molecule has 0 bridgehead atoms. The van der Waals surface area contributed by atoms with Crippen LogP contribution in [0.1, 0.15) is 79.0 Å². The van der Waals surface area contributed by atoms with Crippen LogP contribution in [0, 0.1) is 5.92 Å². The lowest BCUT2D eigenvalue weighted by Crippen LogP contribution is -2.12. The monoisotopic (exact) mass is 444 g/mol. The molecule has 2 aromatic carbocycles. The summed E-state index contributed by atoms with van der Waals surface area (Å²) in [4.78, 5) is 16.5. The van der Waals surface area contributed by atoms with Crippen LogP contribution in [0.4, 0.5) is 0 Å². The highest BCUT2D eigenvalue weighted by atomic mass is 16.4. The minimum absolute atomic E-state index is 0.391. The highest BCUT2D eigenvalue weighted by molar-refractivity contribution is 6.04. The molecule has 2 aromatic heterocycles. The van der Waals surface area contributed by atoms with Crippen molar-refractivity contribution in [3.8, 4) is 0 Å². The predicted molar refractivity (Wildman–Crippen MR) is 131 cm³/mol. The second kappa shape index (κ2) is 9.42. The third-order valence-corrected chi connectivity index (χ3v) is 7.26. The largest absolute Gasteiger partial charge is 0.478 e. The van der Waals surface area contributed by atoms with E-state index in [1.807, 2.05) is 12.1 Å². The molecule has 0 spiro atoms. The van der Waals surface area contributed by atoms with Crippen molar-refractivity contribution in [1.29, 1.82) is 0 Å². The lowest BCUT2D eigenvalue weighted by molar-refractivity contribution is 0.0698. The number of rotatable bonds is 8. The van der Waals surface area contributed by atoms with E-state index in [-0.39, 0.29) is 0 Å². The number of carboxylic acid groups (broad SMARTS) is 1. The topological polar surface area (TPSA) is 68.3 Å². The molecular weight excluding hydrogens is 412 g/mol. The van der Waals surface area contributed by atoms with Gasteiger partial charge in [-0.2, -0.15) is 0 Å². The maximum Gasteiger partial charge on any atom is 0.337 e. The molecule has 1 unspecified atom stereocenters. The van der Waals surface area contributed by atoms with Crippen LogP contribution in [0.15, 0.2) is 47.2 Å². The molecule has 5 heteroatoms. The average Bonchev–Trinajstić information content (AvgIpc) is 3.32. The van der Waals surface area contributed by atoms with Gasteiger partial charge in [0.25, 0.3) is 0 Å². The summed E-state index contributed by atoms with van der Waals surface area (Å²) < 4.78 is 7.70. The van der Waals surface area contributed by atoms with E-state index >= 15 is 0 Å². The molecule has 0 fully saturated rings. The Bertz CT molecular complexity index is 1280. The van der Waals surface area contributed by atoms with E-state index < -0.39 is 5.97 Å². The summed E-state index contributed by atoms with van der Waals surface area (Å²) in [5.74, 6) is -0.199. The Hall–Kier alpha value is -3.08. The van der Waals surface area contributed by atoms with Gasteiger partial charge in [0.15, 0.2) is 12.0 Å². The lowest BCUT2D eigenvalue weighted by Gasteiger charge is -2.18. The van der Waals surface area contributed by atoms with Gasteiger partial charge in [-0.25, -0.2) is 9.78 Å². The first-order valence-electron chi connectivity index (χ1n) is 12.3. The van der Waals surface area contributed by atoms with Crippen molar-refractivity contribution in [1.82, 2.24) is 9.55 Å². The molecule has 0 saturated carbocycles. The van der Waals surface area contributed by atoms with E-state index in [1.54, 1.807) is 6.07 Å². The summed E-state index contributed by atoms with van der Waals surface area (Å²) in [7, 11) is 0. The molecule has 1 atom stereocenters. The summed E-state index contributed by atoms with van der Waals surface area (Å²) in [6.45, 7) is 2.90. The molecule has 172 valence electrons. The molecule has 0 amide bonds. The van der Waals surface area contributed by atoms with Crippen molar-refractivity contribution < 1.29 is 14.3 Å². The number of aromatic nitrogens is 2. The summed E-state index contributed by atoms with van der Waals surface area (Å²) in [5, 5.41) is 11.1. The number of aryl methyl sites for hydroxylation is 1. The van der Waals surface area contributed by atoms with Crippen LogP contribution < -0.4 is 0 Å². The van der Waals surface area contributed by atoms with Crippen molar-refractivity contribution in [2.45, 2.75) is 71.3 Å². The van der Waals surface area contributed by atoms with Crippen LogP contribution in [-0.2, 0) is 19.4 Å². The van der Waals surface area contributed by atoms with E-state index in [0.29, 0.717) is 18.0 Å². The van der Waals surface area contributed by atoms with Crippen LogP contribution >= 0.6 is 0 Å². The number of aromatic carboxylic acids is 1. The fourth-order valence-electron chi connectivity index (χ4n) is 5.62. The minimum atomic E-state index is -0.863. The number of carboxylic acids is 1. The third-order valence-electron chi connectivity index (χ3n) is 7.26. The molecule has 5 nitrogen and oxygen atoms in total. The number of benzene rings is 2. The first-order valence-corrected chi connectivity index (χ1v) is 12.3. The van der Waals surface area contributed by atoms with Gasteiger partial charge >= 0.3 is 5.97 Å². The molecule has 1 N–H and O–H groups in total. The van der Waals surface area contributed by atoms with Gasteiger partial charge in [-0.3, -0.25) is 0 Å². The maximum absolute atomic E-state index is 12.2. The first kappa shape index (κ1) is 21.7. The van der Waals surface area contributed by atoms with E-state index in [1.165, 1.54) is 62.6 Å². The number of hydrogen-bond acceptors (Lipinski definition) is 3. The Morgan fingerprint density at radius 3 is 2.97 bits per heavy atom. The van der Waals surface area contributed by atoms with Crippen molar-refractivity contribution in [3.05, 3.63) is 65.2 Å². The van der Waals surface area contributed by atoms with E-state index in [4.69, 9.17) is 4.42 Å². The fraction of sp³-hybridized carbons (Fsp3) is 0.429. The molecule has 0 radical (unpaired) electrons. The van der Waals surface area contributed by atoms with Crippen LogP contribution in [0.2, 0.25) is 0 Å². The van der Waals surface area contributed by atoms with Gasteiger partial charge in [0.2, 0.25) is 0 Å². The number of unbranched alkanes of at least 4 members (excludes halogenated alkanes) is 3. The van der Waals surface area contributed by atoms with Gasteiger partial charge < -0.3 is 14.1 Å². The van der Waals surface area contributed by atoms with Crippen LogP contribution in [-0.4, -0.2) is 20.6 Å². The van der Waals surface area contributed by atoms with Gasteiger partial charge in [0, 0.05) is 17.6 Å². The third kappa shape index (κ3) is 4.29. The highest BCUT2D eigenvalue weighted by Gasteiger charge is 2.26. The zero-order valence-electron chi connectivity index (χ0n) is 19.3. The highest BCUT2D eigenvalue weighted by Crippen LogP contribution is 2.37. The Kier molecular flexibility index (Phi) is 6.21. The zero-order chi connectivity index (χ0) is 22.8. The summed E-state index contributed by atoms with van der Waals surface area (Å²) in [5.41, 5.74) is 6.66. The summed E-state index contributed by atoms with van der Waals surface area (Å²) >= 11 is 0. The molecular formula is C28H32N2O3. The number of fused-ring (bicyclic) bond motifs is 4. The van der Waals surface area contributed by atoms with Gasteiger partial charge in [-0.15, -0.1) is 0 Å². The Balaban J connectivity index is 1.58. The second-order valence-corrected chi connectivity index (χ2v) is 9.48.